The number of hydrogen-bond donors (Lipinski definition) is 4. The van der Waals surface area contributed by atoms with E-state index in [1.165, 1.54) is 18.2 Å². The van der Waals surface area contributed by atoms with Gasteiger partial charge in [0.25, 0.3) is 0 Å². The molecule has 0 saturated heterocycles. The molecule has 3 atom stereocenters. The summed E-state index contributed by atoms with van der Waals surface area (Å²) in [6.07, 6.45) is -5.51. The van der Waals surface area contributed by atoms with Crippen LogP contribution in [0.3, 0.4) is 0 Å². The average Bonchev–Trinajstić information content (AvgIpc) is 3.13. The molecule has 8 nitrogen and oxygen atoms in total. The number of carboxylic acid groups (broad SMARTS) is 1. The SMILES string of the molecule is N=S(=O)(CC[C@H](N)C(=O)O)CCC(O)(c1ccn(-c2ccc(Cl)cc2Cl)n1)C(F)(F)F. The number of aromatic nitrogens is 2. The van der Waals surface area contributed by atoms with Gasteiger partial charge in [-0.05, 0) is 30.7 Å². The molecule has 0 spiro atoms. The Bertz CT molecular complexity index is 1060. The van der Waals surface area contributed by atoms with Gasteiger partial charge in [0.2, 0.25) is 5.60 Å². The van der Waals surface area contributed by atoms with Gasteiger partial charge in [-0.1, -0.05) is 23.2 Å². The van der Waals surface area contributed by atoms with E-state index in [0.29, 0.717) is 5.02 Å². The van der Waals surface area contributed by atoms with Gasteiger partial charge < -0.3 is 15.9 Å². The molecular formula is C17H19Cl2F3N4O4S. The summed E-state index contributed by atoms with van der Waals surface area (Å²) in [6, 6.07) is 3.79. The first-order valence-corrected chi connectivity index (χ1v) is 11.3. The van der Waals surface area contributed by atoms with Crippen LogP contribution in [0.25, 0.3) is 5.69 Å². The number of nitrogens with zero attached hydrogens (tertiary/aromatic N) is 2. The van der Waals surface area contributed by atoms with E-state index in [4.69, 9.17) is 38.8 Å². The van der Waals surface area contributed by atoms with Crippen molar-refractivity contribution in [2.75, 3.05) is 11.5 Å². The van der Waals surface area contributed by atoms with Crippen LogP contribution in [0.15, 0.2) is 30.5 Å². The molecular weight excluding hydrogens is 484 g/mol. The Hall–Kier alpha value is -1.86. The summed E-state index contributed by atoms with van der Waals surface area (Å²) in [5, 5.41) is 23.4. The lowest BCUT2D eigenvalue weighted by Crippen LogP contribution is -2.44. The maximum absolute atomic E-state index is 13.7. The molecule has 172 valence electrons. The van der Waals surface area contributed by atoms with Crippen LogP contribution >= 0.6 is 23.2 Å². The Labute approximate surface area is 185 Å². The third kappa shape index (κ3) is 6.10. The minimum atomic E-state index is -5.19. The van der Waals surface area contributed by atoms with Crippen LogP contribution in [0, 0.1) is 4.78 Å². The van der Waals surface area contributed by atoms with Crippen LogP contribution in [-0.2, 0) is 20.1 Å². The van der Waals surface area contributed by atoms with E-state index in [-0.39, 0.29) is 17.1 Å². The van der Waals surface area contributed by atoms with Crippen molar-refractivity contribution in [1.82, 2.24) is 9.78 Å². The highest BCUT2D eigenvalue weighted by Gasteiger charge is 2.56. The number of benzene rings is 1. The fraction of sp³-hybridized carbons (Fsp3) is 0.412. The molecule has 0 fully saturated rings. The average molecular weight is 503 g/mol. The monoisotopic (exact) mass is 502 g/mol. The predicted molar refractivity (Wildman–Crippen MR) is 109 cm³/mol. The van der Waals surface area contributed by atoms with Gasteiger partial charge in [-0.15, -0.1) is 0 Å². The molecule has 2 unspecified atom stereocenters. The summed E-state index contributed by atoms with van der Waals surface area (Å²) in [5.41, 5.74) is 1.23. The van der Waals surface area contributed by atoms with Gasteiger partial charge in [-0.3, -0.25) is 9.57 Å². The number of aliphatic hydroxyl groups is 1. The van der Waals surface area contributed by atoms with E-state index < -0.39 is 57.1 Å². The minimum Gasteiger partial charge on any atom is -0.480 e. The summed E-state index contributed by atoms with van der Waals surface area (Å²) in [6.45, 7) is 0. The van der Waals surface area contributed by atoms with Gasteiger partial charge in [0.1, 0.15) is 11.7 Å². The molecule has 0 bridgehead atoms. The summed E-state index contributed by atoms with van der Waals surface area (Å²) in [5.74, 6) is -2.75. The Morgan fingerprint density at radius 2 is 1.94 bits per heavy atom. The number of rotatable bonds is 9. The molecule has 31 heavy (non-hydrogen) atoms. The van der Waals surface area contributed by atoms with E-state index >= 15 is 0 Å². The zero-order valence-corrected chi connectivity index (χ0v) is 18.1. The van der Waals surface area contributed by atoms with Crippen LogP contribution in [0.1, 0.15) is 18.5 Å². The van der Waals surface area contributed by atoms with E-state index in [0.717, 1.165) is 16.9 Å². The quantitative estimate of drug-likeness (QED) is 0.414. The predicted octanol–water partition coefficient (Wildman–Crippen LogP) is 3.17. The Morgan fingerprint density at radius 3 is 2.48 bits per heavy atom. The maximum Gasteiger partial charge on any atom is 0.423 e. The third-order valence-corrected chi connectivity index (χ3v) is 6.80. The van der Waals surface area contributed by atoms with Gasteiger partial charge in [-0.25, -0.2) is 8.89 Å². The van der Waals surface area contributed by atoms with Crippen molar-refractivity contribution in [1.29, 1.82) is 4.78 Å². The Kier molecular flexibility index (Phi) is 7.64. The van der Waals surface area contributed by atoms with Crippen molar-refractivity contribution in [2.24, 2.45) is 5.73 Å². The smallest absolute Gasteiger partial charge is 0.423 e. The molecule has 2 rings (SSSR count). The summed E-state index contributed by atoms with van der Waals surface area (Å²) in [4.78, 5) is 10.7. The number of nitrogens with two attached hydrogens (primary N) is 1. The van der Waals surface area contributed by atoms with Gasteiger partial charge in [-0.2, -0.15) is 18.3 Å². The fourth-order valence-corrected chi connectivity index (χ4v) is 4.58. The molecule has 0 amide bonds. The second kappa shape index (κ2) is 9.33. The van der Waals surface area contributed by atoms with Crippen molar-refractivity contribution in [3.8, 4) is 5.69 Å². The van der Waals surface area contributed by atoms with Crippen LogP contribution in [0.5, 0.6) is 0 Å². The first-order chi connectivity index (χ1) is 14.2. The molecule has 1 aromatic carbocycles. The second-order valence-corrected chi connectivity index (χ2v) is 10.1. The van der Waals surface area contributed by atoms with Gasteiger partial charge in [0.15, 0.2) is 0 Å². The molecule has 2 aromatic rings. The number of alkyl halides is 3. The zero-order chi connectivity index (χ0) is 23.6. The van der Waals surface area contributed by atoms with Gasteiger partial charge in [0, 0.05) is 38.9 Å². The van der Waals surface area contributed by atoms with E-state index in [9.17, 15) is 27.3 Å². The largest absolute Gasteiger partial charge is 0.480 e. The molecule has 5 N–H and O–H groups in total. The Balaban J connectivity index is 2.27. The summed E-state index contributed by atoms with van der Waals surface area (Å²) in [7, 11) is -3.64. The number of aliphatic carboxylic acids is 1. The number of hydrogen-bond acceptors (Lipinski definition) is 6. The first-order valence-electron chi connectivity index (χ1n) is 8.69. The highest BCUT2D eigenvalue weighted by molar-refractivity contribution is 7.92. The van der Waals surface area contributed by atoms with Crippen LogP contribution in [0.2, 0.25) is 10.0 Å². The molecule has 0 aliphatic carbocycles. The zero-order valence-electron chi connectivity index (χ0n) is 15.8. The standard InChI is InChI=1S/C17H19Cl2F3N4O4S/c18-10-1-2-13(11(19)9-10)26-6-3-14(25-26)16(29,17(20,21)22)5-8-31(24,30)7-4-12(23)15(27)28/h1-3,6,9,12,24,29H,4-5,7-8,23H2,(H,27,28)/t12-,16?,31?/m0/s1. The molecule has 1 heterocycles. The lowest BCUT2D eigenvalue weighted by Gasteiger charge is -2.29. The van der Waals surface area contributed by atoms with Crippen molar-refractivity contribution < 1.29 is 32.4 Å². The highest BCUT2D eigenvalue weighted by Crippen LogP contribution is 2.41. The van der Waals surface area contributed by atoms with Crippen LogP contribution in [0.4, 0.5) is 13.2 Å². The number of carbonyl (C=O) groups is 1. The maximum atomic E-state index is 13.7. The van der Waals surface area contributed by atoms with Crippen molar-refractivity contribution in [3.63, 3.8) is 0 Å². The van der Waals surface area contributed by atoms with Gasteiger partial charge in [0.05, 0.1) is 10.7 Å². The molecule has 14 heteroatoms. The van der Waals surface area contributed by atoms with Crippen molar-refractivity contribution in [3.05, 3.63) is 46.2 Å². The first kappa shape index (κ1) is 25.4. The molecule has 0 saturated carbocycles. The topological polar surface area (TPSA) is 142 Å². The number of nitrogens with one attached hydrogen (secondary N) is 1. The normalized spacial score (nSPS) is 17.0. The lowest BCUT2D eigenvalue weighted by atomic mass is 9.96. The van der Waals surface area contributed by atoms with E-state index in [2.05, 4.69) is 5.10 Å². The molecule has 0 aliphatic rings. The minimum absolute atomic E-state index is 0.113. The Morgan fingerprint density at radius 1 is 1.29 bits per heavy atom. The second-order valence-electron chi connectivity index (χ2n) is 6.80. The van der Waals surface area contributed by atoms with Crippen molar-refractivity contribution >= 4 is 38.9 Å². The molecule has 1 aromatic heterocycles. The van der Waals surface area contributed by atoms with E-state index in [1.54, 1.807) is 0 Å². The summed E-state index contributed by atoms with van der Waals surface area (Å²) < 4.78 is 62.3. The highest BCUT2D eigenvalue weighted by atomic mass is 35.5. The van der Waals surface area contributed by atoms with E-state index in [1.807, 2.05) is 0 Å². The van der Waals surface area contributed by atoms with Gasteiger partial charge >= 0.3 is 12.1 Å². The number of carboxylic acids is 1. The van der Waals surface area contributed by atoms with Crippen LogP contribution < -0.4 is 5.73 Å². The molecule has 0 radical (unpaired) electrons. The third-order valence-electron chi connectivity index (χ3n) is 4.51. The summed E-state index contributed by atoms with van der Waals surface area (Å²) >= 11 is 11.8. The molecule has 0 aliphatic heterocycles. The fourth-order valence-electron chi connectivity index (χ4n) is 2.62. The number of halogens is 5. The van der Waals surface area contributed by atoms with Crippen LogP contribution in [-0.4, -0.2) is 53.9 Å². The van der Waals surface area contributed by atoms with Crippen molar-refractivity contribution in [2.45, 2.75) is 30.7 Å². The lowest BCUT2D eigenvalue weighted by molar-refractivity contribution is -0.269.